The van der Waals surface area contributed by atoms with Gasteiger partial charge < -0.3 is 15.0 Å². The standard InChI is InChI=1S/C20H23N5O3/c1-24-19-15(12-22-24)18(26)16(11-21-19)20(27)23-17(14-5-3-2-4-6-14)13-25-7-9-28-10-8-25/h2-6,11-12,17H,7-10,13H2,1H3,(H,21,26)(H,23,27). The molecule has 0 bridgehead atoms. The van der Waals surface area contributed by atoms with Crippen molar-refractivity contribution in [3.8, 4) is 0 Å². The lowest BCUT2D eigenvalue weighted by atomic mass is 10.1. The van der Waals surface area contributed by atoms with Crippen LogP contribution in [-0.4, -0.2) is 58.4 Å². The van der Waals surface area contributed by atoms with Crippen LogP contribution in [0.2, 0.25) is 0 Å². The van der Waals surface area contributed by atoms with Gasteiger partial charge in [0, 0.05) is 32.9 Å². The van der Waals surface area contributed by atoms with Gasteiger partial charge in [0.2, 0.25) is 5.43 Å². The van der Waals surface area contributed by atoms with E-state index in [9.17, 15) is 9.59 Å². The van der Waals surface area contributed by atoms with Crippen LogP contribution >= 0.6 is 0 Å². The molecule has 8 heteroatoms. The van der Waals surface area contributed by atoms with Gasteiger partial charge in [-0.2, -0.15) is 5.10 Å². The zero-order chi connectivity index (χ0) is 19.5. The topological polar surface area (TPSA) is 92.2 Å². The molecule has 1 unspecified atom stereocenters. The number of carbonyl (C=O) groups excluding carboxylic acids is 1. The minimum Gasteiger partial charge on any atom is -0.379 e. The number of aromatic nitrogens is 3. The fourth-order valence-corrected chi connectivity index (χ4v) is 3.49. The summed E-state index contributed by atoms with van der Waals surface area (Å²) in [6, 6.07) is 9.58. The predicted octanol–water partition coefficient (Wildman–Crippen LogP) is 1.06. The molecule has 3 heterocycles. The summed E-state index contributed by atoms with van der Waals surface area (Å²) < 4.78 is 6.99. The minimum atomic E-state index is -0.394. The lowest BCUT2D eigenvalue weighted by molar-refractivity contribution is 0.0332. The number of amides is 1. The molecular formula is C20H23N5O3. The van der Waals surface area contributed by atoms with E-state index in [2.05, 4.69) is 20.3 Å². The Morgan fingerprint density at radius 3 is 2.79 bits per heavy atom. The minimum absolute atomic E-state index is 0.0865. The van der Waals surface area contributed by atoms with Gasteiger partial charge in [0.05, 0.1) is 30.8 Å². The zero-order valence-electron chi connectivity index (χ0n) is 15.7. The average Bonchev–Trinajstić information content (AvgIpc) is 3.11. The Bertz CT molecular complexity index is 1020. The van der Waals surface area contributed by atoms with Gasteiger partial charge in [-0.15, -0.1) is 0 Å². The first-order valence-electron chi connectivity index (χ1n) is 9.33. The van der Waals surface area contributed by atoms with Crippen LogP contribution in [0.5, 0.6) is 0 Å². The summed E-state index contributed by atoms with van der Waals surface area (Å²) in [4.78, 5) is 30.9. The lowest BCUT2D eigenvalue weighted by Gasteiger charge is -2.31. The molecular weight excluding hydrogens is 358 g/mol. The number of hydrogen-bond acceptors (Lipinski definition) is 5. The highest BCUT2D eigenvalue weighted by atomic mass is 16.5. The number of rotatable bonds is 5. The molecule has 3 aromatic rings. The fraction of sp³-hybridized carbons (Fsp3) is 0.350. The number of ether oxygens (including phenoxy) is 1. The molecule has 1 aliphatic rings. The van der Waals surface area contributed by atoms with E-state index in [0.29, 0.717) is 30.8 Å². The molecule has 1 aliphatic heterocycles. The molecule has 1 aromatic carbocycles. The Morgan fingerprint density at radius 2 is 2.04 bits per heavy atom. The SMILES string of the molecule is Cn1ncc2c(=O)c(C(=O)NC(CN3CCOCC3)c3ccccc3)c[nH]c21. The summed E-state index contributed by atoms with van der Waals surface area (Å²) in [7, 11) is 1.74. The van der Waals surface area contributed by atoms with E-state index in [4.69, 9.17) is 4.74 Å². The first-order valence-corrected chi connectivity index (χ1v) is 9.33. The second kappa shape index (κ2) is 7.95. The highest BCUT2D eigenvalue weighted by molar-refractivity contribution is 5.96. The van der Waals surface area contributed by atoms with E-state index in [1.54, 1.807) is 11.7 Å². The molecule has 0 aliphatic carbocycles. The van der Waals surface area contributed by atoms with Crippen molar-refractivity contribution in [1.82, 2.24) is 25.0 Å². The van der Waals surface area contributed by atoms with Crippen molar-refractivity contribution >= 4 is 16.9 Å². The van der Waals surface area contributed by atoms with Crippen molar-refractivity contribution in [2.45, 2.75) is 6.04 Å². The molecule has 0 radical (unpaired) electrons. The smallest absolute Gasteiger partial charge is 0.257 e. The van der Waals surface area contributed by atoms with Gasteiger partial charge in [-0.05, 0) is 5.56 Å². The van der Waals surface area contributed by atoms with E-state index in [0.717, 1.165) is 18.7 Å². The molecule has 1 fully saturated rings. The first-order chi connectivity index (χ1) is 13.6. The van der Waals surface area contributed by atoms with Crippen molar-refractivity contribution in [3.05, 3.63) is 64.1 Å². The third-order valence-electron chi connectivity index (χ3n) is 5.08. The lowest BCUT2D eigenvalue weighted by Crippen LogP contribution is -2.43. The van der Waals surface area contributed by atoms with Gasteiger partial charge in [-0.1, -0.05) is 30.3 Å². The molecule has 1 atom stereocenters. The molecule has 0 saturated carbocycles. The summed E-state index contributed by atoms with van der Waals surface area (Å²) in [5.41, 5.74) is 1.36. The summed E-state index contributed by atoms with van der Waals surface area (Å²) in [5, 5.41) is 7.52. The number of nitrogens with zero attached hydrogens (tertiary/aromatic N) is 3. The number of hydrogen-bond donors (Lipinski definition) is 2. The number of fused-ring (bicyclic) bond motifs is 1. The van der Waals surface area contributed by atoms with Gasteiger partial charge >= 0.3 is 0 Å². The maximum Gasteiger partial charge on any atom is 0.257 e. The van der Waals surface area contributed by atoms with Crippen LogP contribution in [-0.2, 0) is 11.8 Å². The largest absolute Gasteiger partial charge is 0.379 e. The van der Waals surface area contributed by atoms with E-state index in [1.807, 2.05) is 30.3 Å². The Kier molecular flexibility index (Phi) is 5.23. The molecule has 0 spiro atoms. The van der Waals surface area contributed by atoms with E-state index in [-0.39, 0.29) is 17.0 Å². The number of H-pyrrole nitrogens is 1. The summed E-state index contributed by atoms with van der Waals surface area (Å²) in [6.07, 6.45) is 2.94. The number of morpholine rings is 1. The zero-order valence-corrected chi connectivity index (χ0v) is 15.7. The first kappa shape index (κ1) is 18.4. The Balaban J connectivity index is 1.60. The highest BCUT2D eigenvalue weighted by Gasteiger charge is 2.22. The van der Waals surface area contributed by atoms with Crippen LogP contribution < -0.4 is 10.7 Å². The summed E-state index contributed by atoms with van der Waals surface area (Å²) >= 11 is 0. The average molecular weight is 381 g/mol. The van der Waals surface area contributed by atoms with Crippen LogP contribution in [0.25, 0.3) is 11.0 Å². The van der Waals surface area contributed by atoms with Crippen molar-refractivity contribution in [1.29, 1.82) is 0 Å². The van der Waals surface area contributed by atoms with Gasteiger partial charge in [-0.25, -0.2) is 0 Å². The van der Waals surface area contributed by atoms with Crippen molar-refractivity contribution in [2.75, 3.05) is 32.8 Å². The number of nitrogens with one attached hydrogen (secondary N) is 2. The van der Waals surface area contributed by atoms with Gasteiger partial charge in [0.25, 0.3) is 5.91 Å². The van der Waals surface area contributed by atoms with Crippen LogP contribution in [0.4, 0.5) is 0 Å². The number of benzene rings is 1. The van der Waals surface area contributed by atoms with Gasteiger partial charge in [0.1, 0.15) is 11.2 Å². The fourth-order valence-electron chi connectivity index (χ4n) is 3.49. The number of pyridine rings is 1. The van der Waals surface area contributed by atoms with Crippen LogP contribution in [0.3, 0.4) is 0 Å². The summed E-state index contributed by atoms with van der Waals surface area (Å²) in [5.74, 6) is -0.394. The molecule has 4 rings (SSSR count). The van der Waals surface area contributed by atoms with Crippen LogP contribution in [0.15, 0.2) is 47.5 Å². The number of carbonyl (C=O) groups is 1. The van der Waals surface area contributed by atoms with E-state index in [1.165, 1.54) is 12.4 Å². The second-order valence-electron chi connectivity index (χ2n) is 6.91. The molecule has 146 valence electrons. The van der Waals surface area contributed by atoms with Crippen LogP contribution in [0.1, 0.15) is 22.0 Å². The van der Waals surface area contributed by atoms with E-state index >= 15 is 0 Å². The maximum absolute atomic E-state index is 12.9. The molecule has 8 nitrogen and oxygen atoms in total. The third kappa shape index (κ3) is 3.69. The maximum atomic E-state index is 12.9. The number of aromatic amines is 1. The molecule has 2 N–H and O–H groups in total. The predicted molar refractivity (Wildman–Crippen MR) is 105 cm³/mol. The van der Waals surface area contributed by atoms with E-state index < -0.39 is 5.91 Å². The van der Waals surface area contributed by atoms with Gasteiger partial charge in [-0.3, -0.25) is 19.2 Å². The van der Waals surface area contributed by atoms with Gasteiger partial charge in [0.15, 0.2) is 0 Å². The second-order valence-corrected chi connectivity index (χ2v) is 6.91. The third-order valence-corrected chi connectivity index (χ3v) is 5.08. The molecule has 28 heavy (non-hydrogen) atoms. The monoisotopic (exact) mass is 381 g/mol. The van der Waals surface area contributed by atoms with Crippen LogP contribution in [0, 0.1) is 0 Å². The normalized spacial score (nSPS) is 16.2. The Labute approximate surface area is 162 Å². The highest BCUT2D eigenvalue weighted by Crippen LogP contribution is 2.16. The molecule has 2 aromatic heterocycles. The van der Waals surface area contributed by atoms with Crippen molar-refractivity contribution in [3.63, 3.8) is 0 Å². The molecule has 1 amide bonds. The quantitative estimate of drug-likeness (QED) is 0.690. The van der Waals surface area contributed by atoms with Crippen molar-refractivity contribution < 1.29 is 9.53 Å². The molecule has 1 saturated heterocycles. The Hall–Kier alpha value is -2.97. The number of aryl methyl sites for hydroxylation is 1. The van der Waals surface area contributed by atoms with Crippen molar-refractivity contribution in [2.24, 2.45) is 7.05 Å². The summed E-state index contributed by atoms with van der Waals surface area (Å²) in [6.45, 7) is 3.68. The Morgan fingerprint density at radius 1 is 1.29 bits per heavy atom.